The van der Waals surface area contributed by atoms with Crippen LogP contribution in [0, 0.1) is 0 Å². The molecule has 126 valence electrons. The lowest BCUT2D eigenvalue weighted by Crippen LogP contribution is -2.02. The maximum absolute atomic E-state index is 4.87. The van der Waals surface area contributed by atoms with Crippen molar-refractivity contribution in [1.29, 1.82) is 0 Å². The number of nitrogens with zero attached hydrogens (tertiary/aromatic N) is 3. The molecule has 0 atom stereocenters. The monoisotopic (exact) mass is 337 g/mol. The van der Waals surface area contributed by atoms with Gasteiger partial charge in [-0.3, -0.25) is 4.98 Å². The largest absolute Gasteiger partial charge is 0.331 e. The molecule has 5 rings (SSSR count). The molecule has 26 heavy (non-hydrogen) atoms. The Bertz CT molecular complexity index is 1250. The van der Waals surface area contributed by atoms with E-state index in [9.17, 15) is 0 Å². The fourth-order valence-corrected chi connectivity index (χ4v) is 3.74. The lowest BCUT2D eigenvalue weighted by Gasteiger charge is -2.05. The standard InChI is InChI=1S/C23H19N3/c1-26-22(15-13-18-12-10-17-7-3-5-9-20(17)24-18)25-21-14-11-16-6-2-4-8-19(16)23(21)26/h2-12,14H,13,15H2,1H3. The zero-order chi connectivity index (χ0) is 17.5. The normalized spacial score (nSPS) is 11.6. The summed E-state index contributed by atoms with van der Waals surface area (Å²) < 4.78 is 2.23. The summed E-state index contributed by atoms with van der Waals surface area (Å²) >= 11 is 0. The second-order valence-corrected chi connectivity index (χ2v) is 6.74. The van der Waals surface area contributed by atoms with Crippen molar-refractivity contribution in [1.82, 2.24) is 14.5 Å². The van der Waals surface area contributed by atoms with Gasteiger partial charge in [0.2, 0.25) is 0 Å². The van der Waals surface area contributed by atoms with Gasteiger partial charge in [0.05, 0.1) is 16.6 Å². The van der Waals surface area contributed by atoms with Crippen LogP contribution in [0.5, 0.6) is 0 Å². The smallest absolute Gasteiger partial charge is 0.110 e. The second-order valence-electron chi connectivity index (χ2n) is 6.74. The van der Waals surface area contributed by atoms with E-state index >= 15 is 0 Å². The van der Waals surface area contributed by atoms with E-state index in [-0.39, 0.29) is 0 Å². The van der Waals surface area contributed by atoms with Crippen LogP contribution < -0.4 is 0 Å². The van der Waals surface area contributed by atoms with E-state index < -0.39 is 0 Å². The summed E-state index contributed by atoms with van der Waals surface area (Å²) in [6.45, 7) is 0. The molecule has 0 fully saturated rings. The number of para-hydroxylation sites is 1. The van der Waals surface area contributed by atoms with Crippen LogP contribution in [0.1, 0.15) is 11.5 Å². The van der Waals surface area contributed by atoms with Gasteiger partial charge in [0, 0.05) is 29.9 Å². The predicted molar refractivity (Wildman–Crippen MR) is 107 cm³/mol. The highest BCUT2D eigenvalue weighted by molar-refractivity contribution is 6.04. The molecule has 3 aromatic carbocycles. The lowest BCUT2D eigenvalue weighted by molar-refractivity contribution is 0.779. The van der Waals surface area contributed by atoms with Gasteiger partial charge in [-0.25, -0.2) is 4.98 Å². The number of pyridine rings is 1. The highest BCUT2D eigenvalue weighted by Gasteiger charge is 2.11. The average Bonchev–Trinajstić information content (AvgIpc) is 3.02. The van der Waals surface area contributed by atoms with Gasteiger partial charge in [0.15, 0.2) is 0 Å². The Labute approximate surface area is 151 Å². The number of benzene rings is 3. The Kier molecular flexibility index (Phi) is 3.45. The van der Waals surface area contributed by atoms with Gasteiger partial charge in [-0.15, -0.1) is 0 Å². The van der Waals surface area contributed by atoms with Crippen molar-refractivity contribution in [2.75, 3.05) is 0 Å². The van der Waals surface area contributed by atoms with E-state index in [0.717, 1.165) is 35.4 Å². The first kappa shape index (κ1) is 15.1. The molecule has 3 nitrogen and oxygen atoms in total. The minimum absolute atomic E-state index is 0.880. The zero-order valence-electron chi connectivity index (χ0n) is 14.7. The molecule has 3 heteroatoms. The Hall–Kier alpha value is -3.20. The van der Waals surface area contributed by atoms with Crippen LogP contribution in [0.2, 0.25) is 0 Å². The Morgan fingerprint density at radius 3 is 2.38 bits per heavy atom. The van der Waals surface area contributed by atoms with Gasteiger partial charge in [0.25, 0.3) is 0 Å². The van der Waals surface area contributed by atoms with Crippen LogP contribution in [0.3, 0.4) is 0 Å². The molecule has 0 aliphatic heterocycles. The minimum Gasteiger partial charge on any atom is -0.331 e. The summed E-state index contributed by atoms with van der Waals surface area (Å²) in [6.07, 6.45) is 1.77. The maximum Gasteiger partial charge on any atom is 0.110 e. The Morgan fingerprint density at radius 2 is 1.46 bits per heavy atom. The molecule has 0 amide bonds. The molecular weight excluding hydrogens is 318 g/mol. The van der Waals surface area contributed by atoms with Crippen molar-refractivity contribution < 1.29 is 0 Å². The average molecular weight is 337 g/mol. The number of hydrogen-bond donors (Lipinski definition) is 0. The summed E-state index contributed by atoms with van der Waals surface area (Å²) in [5, 5.41) is 3.70. The number of imidazole rings is 1. The molecule has 0 spiro atoms. The molecule has 0 aliphatic carbocycles. The summed E-state index contributed by atoms with van der Waals surface area (Å²) in [6, 6.07) is 25.3. The topological polar surface area (TPSA) is 30.7 Å². The first-order valence-electron chi connectivity index (χ1n) is 8.97. The third kappa shape index (κ3) is 2.44. The number of aromatic nitrogens is 3. The van der Waals surface area contributed by atoms with E-state index in [2.05, 4.69) is 72.3 Å². The van der Waals surface area contributed by atoms with Gasteiger partial charge < -0.3 is 4.57 Å². The summed E-state index contributed by atoms with van der Waals surface area (Å²) in [7, 11) is 2.12. The van der Waals surface area contributed by atoms with E-state index in [4.69, 9.17) is 9.97 Å². The fraction of sp³-hybridized carbons (Fsp3) is 0.130. The third-order valence-electron chi connectivity index (χ3n) is 5.11. The van der Waals surface area contributed by atoms with E-state index in [0.29, 0.717) is 0 Å². The van der Waals surface area contributed by atoms with Gasteiger partial charge in [-0.2, -0.15) is 0 Å². The van der Waals surface area contributed by atoms with Crippen molar-refractivity contribution in [2.24, 2.45) is 7.05 Å². The van der Waals surface area contributed by atoms with Crippen LogP contribution in [0.15, 0.2) is 72.8 Å². The SMILES string of the molecule is Cn1c(CCc2ccc3ccccc3n2)nc2ccc3ccccc3c21. The molecule has 5 aromatic rings. The molecule has 0 unspecified atom stereocenters. The first-order valence-corrected chi connectivity index (χ1v) is 8.97. The third-order valence-corrected chi connectivity index (χ3v) is 5.11. The highest BCUT2D eigenvalue weighted by atomic mass is 15.1. The molecule has 0 saturated heterocycles. The molecule has 2 heterocycles. The first-order chi connectivity index (χ1) is 12.8. The number of rotatable bonds is 3. The van der Waals surface area contributed by atoms with Crippen molar-refractivity contribution >= 4 is 32.7 Å². The maximum atomic E-state index is 4.87. The van der Waals surface area contributed by atoms with E-state index in [1.54, 1.807) is 0 Å². The van der Waals surface area contributed by atoms with Crippen molar-refractivity contribution in [3.05, 3.63) is 84.3 Å². The Balaban J connectivity index is 1.50. The number of hydrogen-bond acceptors (Lipinski definition) is 2. The molecule has 0 saturated carbocycles. The van der Waals surface area contributed by atoms with Crippen LogP contribution in [0.25, 0.3) is 32.7 Å². The molecule has 0 aliphatic rings. The quantitative estimate of drug-likeness (QED) is 0.461. The van der Waals surface area contributed by atoms with E-state index in [1.807, 2.05) is 12.1 Å². The van der Waals surface area contributed by atoms with Gasteiger partial charge in [0.1, 0.15) is 5.82 Å². The van der Waals surface area contributed by atoms with Crippen LogP contribution in [0.4, 0.5) is 0 Å². The molecular formula is C23H19N3. The minimum atomic E-state index is 0.880. The number of aryl methyl sites for hydroxylation is 3. The van der Waals surface area contributed by atoms with Crippen LogP contribution in [-0.4, -0.2) is 14.5 Å². The van der Waals surface area contributed by atoms with Gasteiger partial charge >= 0.3 is 0 Å². The molecule has 2 aromatic heterocycles. The summed E-state index contributed by atoms with van der Waals surface area (Å²) in [5.74, 6) is 1.10. The molecule has 0 radical (unpaired) electrons. The predicted octanol–water partition coefficient (Wildman–Crippen LogP) is 5.06. The Morgan fingerprint density at radius 1 is 0.692 bits per heavy atom. The van der Waals surface area contributed by atoms with Crippen molar-refractivity contribution in [3.63, 3.8) is 0 Å². The second kappa shape index (κ2) is 5.95. The molecule has 0 N–H and O–H groups in total. The van der Waals surface area contributed by atoms with Gasteiger partial charge in [-0.05, 0) is 30.0 Å². The zero-order valence-corrected chi connectivity index (χ0v) is 14.7. The van der Waals surface area contributed by atoms with Crippen LogP contribution in [-0.2, 0) is 19.9 Å². The fourth-order valence-electron chi connectivity index (χ4n) is 3.74. The number of fused-ring (bicyclic) bond motifs is 4. The lowest BCUT2D eigenvalue weighted by atomic mass is 10.1. The van der Waals surface area contributed by atoms with Crippen molar-refractivity contribution in [2.45, 2.75) is 12.8 Å². The van der Waals surface area contributed by atoms with E-state index in [1.165, 1.54) is 21.7 Å². The van der Waals surface area contributed by atoms with Crippen molar-refractivity contribution in [3.8, 4) is 0 Å². The van der Waals surface area contributed by atoms with Gasteiger partial charge in [-0.1, -0.05) is 54.6 Å². The highest BCUT2D eigenvalue weighted by Crippen LogP contribution is 2.26. The van der Waals surface area contributed by atoms with Crippen LogP contribution >= 0.6 is 0 Å². The summed E-state index contributed by atoms with van der Waals surface area (Å²) in [4.78, 5) is 9.66. The molecule has 0 bridgehead atoms. The summed E-state index contributed by atoms with van der Waals surface area (Å²) in [5.41, 5.74) is 4.44.